The molecule has 1 unspecified atom stereocenters. The van der Waals surface area contributed by atoms with Gasteiger partial charge in [0.1, 0.15) is 0 Å². The van der Waals surface area contributed by atoms with Crippen LogP contribution in [0.2, 0.25) is 5.02 Å². The van der Waals surface area contributed by atoms with Gasteiger partial charge in [-0.1, -0.05) is 24.1 Å². The predicted octanol–water partition coefficient (Wildman–Crippen LogP) is 5.15. The van der Waals surface area contributed by atoms with Crippen molar-refractivity contribution in [2.45, 2.75) is 43.8 Å². The highest BCUT2D eigenvalue weighted by Crippen LogP contribution is 2.49. The maximum Gasteiger partial charge on any atom is 0.417 e. The van der Waals surface area contributed by atoms with Crippen molar-refractivity contribution >= 4 is 24.0 Å². The Morgan fingerprint density at radius 3 is 2.19 bits per heavy atom. The summed E-state index contributed by atoms with van der Waals surface area (Å²) < 4.78 is 39.0. The lowest BCUT2D eigenvalue weighted by Crippen LogP contribution is -2.50. The maximum atomic E-state index is 13.0. The smallest absolute Gasteiger partial charge is 0.306 e. The van der Waals surface area contributed by atoms with Crippen LogP contribution in [-0.2, 0) is 11.6 Å². The minimum Gasteiger partial charge on any atom is -0.306 e. The summed E-state index contributed by atoms with van der Waals surface area (Å²) in [4.78, 5) is 2.07. The van der Waals surface area contributed by atoms with Crippen molar-refractivity contribution in [3.63, 3.8) is 0 Å². The van der Waals surface area contributed by atoms with Crippen molar-refractivity contribution in [2.75, 3.05) is 14.1 Å². The van der Waals surface area contributed by atoms with Crippen LogP contribution in [0.1, 0.15) is 37.3 Å². The number of hydrogen-bond acceptors (Lipinski definition) is 1. The third kappa shape index (κ3) is 3.33. The van der Waals surface area contributed by atoms with Crippen LogP contribution < -0.4 is 0 Å². The second-order valence-corrected chi connectivity index (χ2v) is 6.25. The highest BCUT2D eigenvalue weighted by atomic mass is 35.5. The molecule has 1 atom stereocenters. The van der Waals surface area contributed by atoms with E-state index in [9.17, 15) is 13.2 Å². The topological polar surface area (TPSA) is 3.24 Å². The zero-order valence-electron chi connectivity index (χ0n) is 12.3. The van der Waals surface area contributed by atoms with E-state index in [0.29, 0.717) is 0 Å². The predicted molar refractivity (Wildman–Crippen MR) is 82.4 cm³/mol. The highest BCUT2D eigenvalue weighted by molar-refractivity contribution is 6.31. The molecule has 21 heavy (non-hydrogen) atoms. The first-order valence-corrected chi connectivity index (χ1v) is 7.10. The van der Waals surface area contributed by atoms with Gasteiger partial charge in [0.25, 0.3) is 0 Å². The van der Waals surface area contributed by atoms with Crippen LogP contribution in [0.4, 0.5) is 13.2 Å². The summed E-state index contributed by atoms with van der Waals surface area (Å²) in [6.45, 7) is 2.07. The number of benzene rings is 1. The van der Waals surface area contributed by atoms with Gasteiger partial charge in [-0.2, -0.15) is 13.2 Å². The second kappa shape index (κ2) is 6.35. The molecule has 0 saturated heterocycles. The standard InChI is InChI=1S/C15H19ClF3N.ClH/c1-10(20(2)3)14(7-4-8-14)11-5-6-13(16)12(9-11)15(17,18)19;/h5-6,9-10H,4,7-8H2,1-3H3;1H. The van der Waals surface area contributed by atoms with Crippen molar-refractivity contribution in [3.8, 4) is 0 Å². The van der Waals surface area contributed by atoms with Gasteiger partial charge in [0.05, 0.1) is 10.6 Å². The summed E-state index contributed by atoms with van der Waals surface area (Å²) in [6, 6.07) is 4.55. The summed E-state index contributed by atoms with van der Waals surface area (Å²) in [7, 11) is 3.93. The quantitative estimate of drug-likeness (QED) is 0.734. The Bertz CT molecular complexity index is 496. The van der Waals surface area contributed by atoms with E-state index in [4.69, 9.17) is 11.6 Å². The van der Waals surface area contributed by atoms with Gasteiger partial charge in [-0.15, -0.1) is 12.4 Å². The highest BCUT2D eigenvalue weighted by Gasteiger charge is 2.45. The molecule has 1 aromatic carbocycles. The molecule has 0 radical (unpaired) electrons. The van der Waals surface area contributed by atoms with Crippen molar-refractivity contribution in [2.24, 2.45) is 0 Å². The molecule has 0 amide bonds. The Morgan fingerprint density at radius 1 is 1.24 bits per heavy atom. The zero-order valence-corrected chi connectivity index (χ0v) is 13.9. The van der Waals surface area contributed by atoms with Gasteiger partial charge in [-0.25, -0.2) is 0 Å². The molecule has 0 aromatic heterocycles. The molecular weight excluding hydrogens is 322 g/mol. The first-order chi connectivity index (χ1) is 9.18. The summed E-state index contributed by atoms with van der Waals surface area (Å²) in [5.41, 5.74) is -0.163. The van der Waals surface area contributed by atoms with Gasteiger partial charge in [-0.3, -0.25) is 0 Å². The average Bonchev–Trinajstić information content (AvgIpc) is 2.27. The number of halogens is 5. The fraction of sp³-hybridized carbons (Fsp3) is 0.600. The van der Waals surface area contributed by atoms with Crippen molar-refractivity contribution in [3.05, 3.63) is 34.3 Å². The lowest BCUT2D eigenvalue weighted by Gasteiger charge is -2.49. The van der Waals surface area contributed by atoms with Crippen LogP contribution in [0, 0.1) is 0 Å². The number of hydrogen-bond donors (Lipinski definition) is 0. The van der Waals surface area contributed by atoms with E-state index in [1.54, 1.807) is 6.07 Å². The molecule has 1 fully saturated rings. The van der Waals surface area contributed by atoms with Gasteiger partial charge >= 0.3 is 6.18 Å². The Morgan fingerprint density at radius 2 is 1.81 bits per heavy atom. The molecule has 0 heterocycles. The molecule has 120 valence electrons. The summed E-state index contributed by atoms with van der Waals surface area (Å²) in [6.07, 6.45) is -1.50. The van der Waals surface area contributed by atoms with Crippen LogP contribution in [-0.4, -0.2) is 25.0 Å². The molecule has 0 aliphatic heterocycles. The average molecular weight is 342 g/mol. The molecule has 1 aliphatic rings. The van der Waals surface area contributed by atoms with Crippen molar-refractivity contribution < 1.29 is 13.2 Å². The number of nitrogens with zero attached hydrogens (tertiary/aromatic N) is 1. The lowest BCUT2D eigenvalue weighted by molar-refractivity contribution is -0.137. The second-order valence-electron chi connectivity index (χ2n) is 5.84. The van der Waals surface area contributed by atoms with E-state index >= 15 is 0 Å². The van der Waals surface area contributed by atoms with Crippen LogP contribution in [0.15, 0.2) is 18.2 Å². The molecule has 0 spiro atoms. The third-order valence-electron chi connectivity index (χ3n) is 4.67. The van der Waals surface area contributed by atoms with E-state index in [1.807, 2.05) is 14.1 Å². The normalized spacial score (nSPS) is 18.9. The van der Waals surface area contributed by atoms with Gasteiger partial charge in [0, 0.05) is 11.5 Å². The Balaban J connectivity index is 0.00000220. The summed E-state index contributed by atoms with van der Waals surface area (Å²) in [5.74, 6) is 0. The van der Waals surface area contributed by atoms with E-state index in [0.717, 1.165) is 24.8 Å². The van der Waals surface area contributed by atoms with E-state index in [-0.39, 0.29) is 28.9 Å². The fourth-order valence-corrected chi connectivity index (χ4v) is 3.28. The van der Waals surface area contributed by atoms with E-state index in [1.165, 1.54) is 12.1 Å². The third-order valence-corrected chi connectivity index (χ3v) is 5.00. The molecule has 1 nitrogen and oxygen atoms in total. The number of likely N-dealkylation sites (N-methyl/N-ethyl adjacent to an activating group) is 1. The number of rotatable bonds is 3. The fourth-order valence-electron chi connectivity index (χ4n) is 3.05. The lowest BCUT2D eigenvalue weighted by atomic mass is 9.60. The molecule has 6 heteroatoms. The van der Waals surface area contributed by atoms with E-state index in [2.05, 4.69) is 11.8 Å². The van der Waals surface area contributed by atoms with Crippen LogP contribution in [0.3, 0.4) is 0 Å². The van der Waals surface area contributed by atoms with Crippen LogP contribution in [0.5, 0.6) is 0 Å². The van der Waals surface area contributed by atoms with Gasteiger partial charge in [0.15, 0.2) is 0 Å². The summed E-state index contributed by atoms with van der Waals surface area (Å²) >= 11 is 5.70. The van der Waals surface area contributed by atoms with Crippen molar-refractivity contribution in [1.29, 1.82) is 0 Å². The van der Waals surface area contributed by atoms with Crippen molar-refractivity contribution in [1.82, 2.24) is 4.90 Å². The SMILES string of the molecule is CC(N(C)C)C1(c2ccc(Cl)c(C(F)(F)F)c2)CCC1.Cl. The largest absolute Gasteiger partial charge is 0.417 e. The first kappa shape index (κ1) is 18.6. The Labute approximate surface area is 134 Å². The Kier molecular flexibility index (Phi) is 5.62. The molecule has 1 aromatic rings. The molecule has 1 saturated carbocycles. The molecule has 0 bridgehead atoms. The minimum absolute atomic E-state index is 0. The van der Waals surface area contributed by atoms with Crippen LogP contribution >= 0.6 is 24.0 Å². The molecule has 0 N–H and O–H groups in total. The molecule has 1 aliphatic carbocycles. The van der Waals surface area contributed by atoms with Gasteiger partial charge in [-0.05, 0) is 51.6 Å². The molecule has 2 rings (SSSR count). The minimum atomic E-state index is -4.40. The van der Waals surface area contributed by atoms with Crippen LogP contribution in [0.25, 0.3) is 0 Å². The first-order valence-electron chi connectivity index (χ1n) is 6.72. The van der Waals surface area contributed by atoms with Gasteiger partial charge < -0.3 is 4.90 Å². The summed E-state index contributed by atoms with van der Waals surface area (Å²) in [5, 5.41) is -0.228. The monoisotopic (exact) mass is 341 g/mol. The van der Waals surface area contributed by atoms with Gasteiger partial charge in [0.2, 0.25) is 0 Å². The maximum absolute atomic E-state index is 13.0. The number of alkyl halides is 3. The Hall–Kier alpha value is -0.450. The zero-order chi connectivity index (χ0) is 15.1. The van der Waals surface area contributed by atoms with E-state index < -0.39 is 11.7 Å². The molecular formula is C15H20Cl2F3N.